The summed E-state index contributed by atoms with van der Waals surface area (Å²) in [7, 11) is 0. The van der Waals surface area contributed by atoms with Gasteiger partial charge in [-0.25, -0.2) is 0 Å². The Morgan fingerprint density at radius 3 is 3.00 bits per heavy atom. The Hall–Kier alpha value is -0.640. The summed E-state index contributed by atoms with van der Waals surface area (Å²) in [6.07, 6.45) is 6.32. The predicted molar refractivity (Wildman–Crippen MR) is 78.3 cm³/mol. The van der Waals surface area contributed by atoms with Crippen LogP contribution in [0.15, 0.2) is 18.5 Å². The summed E-state index contributed by atoms with van der Waals surface area (Å²) in [6.45, 7) is 7.76. The molecule has 0 bridgehead atoms. The van der Waals surface area contributed by atoms with Gasteiger partial charge in [0.1, 0.15) is 0 Å². The van der Waals surface area contributed by atoms with Gasteiger partial charge in [-0.2, -0.15) is 0 Å². The van der Waals surface area contributed by atoms with Gasteiger partial charge in [-0.1, -0.05) is 11.6 Å². The van der Waals surface area contributed by atoms with Crippen LogP contribution in [0, 0.1) is 5.92 Å². The van der Waals surface area contributed by atoms with Crippen molar-refractivity contribution in [3.05, 3.63) is 29.0 Å². The second kappa shape index (κ2) is 5.04. The summed E-state index contributed by atoms with van der Waals surface area (Å²) in [5.74, 6) is 0.857. The van der Waals surface area contributed by atoms with E-state index in [0.717, 1.165) is 30.6 Å². The number of nitrogens with zero attached hydrogens (tertiary/aromatic N) is 2. The van der Waals surface area contributed by atoms with E-state index in [4.69, 9.17) is 11.6 Å². The van der Waals surface area contributed by atoms with E-state index < -0.39 is 0 Å². The second-order valence-corrected chi connectivity index (χ2v) is 6.70. The third-order valence-corrected chi connectivity index (χ3v) is 5.00. The van der Waals surface area contributed by atoms with Crippen molar-refractivity contribution in [3.8, 4) is 0 Å². The van der Waals surface area contributed by atoms with Crippen molar-refractivity contribution >= 4 is 11.6 Å². The summed E-state index contributed by atoms with van der Waals surface area (Å²) >= 11 is 6.23. The van der Waals surface area contributed by atoms with E-state index in [0.29, 0.717) is 6.04 Å². The van der Waals surface area contributed by atoms with Gasteiger partial charge in [0.25, 0.3) is 0 Å². The molecule has 2 fully saturated rings. The van der Waals surface area contributed by atoms with E-state index in [9.17, 15) is 0 Å². The lowest BCUT2D eigenvalue weighted by Gasteiger charge is -2.45. The van der Waals surface area contributed by atoms with E-state index >= 15 is 0 Å². The molecule has 0 amide bonds. The van der Waals surface area contributed by atoms with E-state index in [1.54, 1.807) is 6.20 Å². The van der Waals surface area contributed by atoms with E-state index in [1.165, 1.54) is 18.4 Å². The van der Waals surface area contributed by atoms with E-state index in [-0.39, 0.29) is 5.54 Å². The first-order valence-electron chi connectivity index (χ1n) is 7.16. The Bertz CT molecular complexity index is 460. The predicted octanol–water partition coefficient (Wildman–Crippen LogP) is 2.70. The quantitative estimate of drug-likeness (QED) is 0.922. The number of pyridine rings is 1. The molecule has 1 aliphatic heterocycles. The molecule has 1 saturated heterocycles. The molecule has 2 aliphatic rings. The molecule has 3 rings (SSSR count). The van der Waals surface area contributed by atoms with Crippen molar-refractivity contribution in [2.24, 2.45) is 5.92 Å². The fourth-order valence-electron chi connectivity index (χ4n) is 3.10. The molecule has 0 spiro atoms. The van der Waals surface area contributed by atoms with E-state index in [1.807, 2.05) is 12.3 Å². The SMILES string of the molecule is CC1CNC(C)(C2CC2)CN1Cc1ccncc1Cl. The van der Waals surface area contributed by atoms with Crippen LogP contribution in [0.1, 0.15) is 32.3 Å². The zero-order chi connectivity index (χ0) is 13.5. The zero-order valence-corrected chi connectivity index (χ0v) is 12.5. The number of hydrogen-bond acceptors (Lipinski definition) is 3. The van der Waals surface area contributed by atoms with Gasteiger partial charge in [0.05, 0.1) is 5.02 Å². The maximum Gasteiger partial charge on any atom is 0.0634 e. The molecule has 0 aromatic carbocycles. The number of hydrogen-bond donors (Lipinski definition) is 1. The largest absolute Gasteiger partial charge is 0.308 e. The molecule has 2 heterocycles. The van der Waals surface area contributed by atoms with Crippen LogP contribution in [0.5, 0.6) is 0 Å². The molecule has 1 saturated carbocycles. The van der Waals surface area contributed by atoms with Crippen LogP contribution < -0.4 is 5.32 Å². The zero-order valence-electron chi connectivity index (χ0n) is 11.7. The Morgan fingerprint density at radius 1 is 1.53 bits per heavy atom. The van der Waals surface area contributed by atoms with Crippen molar-refractivity contribution in [2.45, 2.75) is 44.8 Å². The highest BCUT2D eigenvalue weighted by atomic mass is 35.5. The molecule has 3 nitrogen and oxygen atoms in total. The van der Waals surface area contributed by atoms with Gasteiger partial charge < -0.3 is 5.32 Å². The van der Waals surface area contributed by atoms with Gasteiger partial charge in [-0.05, 0) is 44.2 Å². The molecule has 1 aromatic heterocycles. The first-order chi connectivity index (χ1) is 9.08. The first-order valence-corrected chi connectivity index (χ1v) is 7.54. The van der Waals surface area contributed by atoms with Crippen molar-refractivity contribution < 1.29 is 0 Å². The molecule has 2 atom stereocenters. The van der Waals surface area contributed by atoms with Crippen LogP contribution >= 0.6 is 11.6 Å². The highest BCUT2D eigenvalue weighted by molar-refractivity contribution is 6.31. The van der Waals surface area contributed by atoms with Crippen LogP contribution in [0.4, 0.5) is 0 Å². The third-order valence-electron chi connectivity index (χ3n) is 4.66. The molecule has 19 heavy (non-hydrogen) atoms. The Balaban J connectivity index is 1.73. The fourth-order valence-corrected chi connectivity index (χ4v) is 3.28. The lowest BCUT2D eigenvalue weighted by molar-refractivity contribution is 0.0770. The molecular formula is C15H22ClN3. The van der Waals surface area contributed by atoms with Crippen LogP contribution in [-0.4, -0.2) is 34.6 Å². The van der Waals surface area contributed by atoms with Crippen LogP contribution in [0.25, 0.3) is 0 Å². The smallest absolute Gasteiger partial charge is 0.0634 e. The van der Waals surface area contributed by atoms with Gasteiger partial charge in [0, 0.05) is 43.6 Å². The lowest BCUT2D eigenvalue weighted by Crippen LogP contribution is -2.62. The summed E-state index contributed by atoms with van der Waals surface area (Å²) in [5.41, 5.74) is 1.47. The van der Waals surface area contributed by atoms with Crippen molar-refractivity contribution in [2.75, 3.05) is 13.1 Å². The number of aromatic nitrogens is 1. The highest BCUT2D eigenvalue weighted by Gasteiger charge is 2.45. The number of piperazine rings is 1. The van der Waals surface area contributed by atoms with Crippen LogP contribution in [-0.2, 0) is 6.54 Å². The number of nitrogens with one attached hydrogen (secondary N) is 1. The third kappa shape index (κ3) is 2.78. The van der Waals surface area contributed by atoms with Gasteiger partial charge in [-0.15, -0.1) is 0 Å². The fraction of sp³-hybridized carbons (Fsp3) is 0.667. The minimum absolute atomic E-state index is 0.284. The maximum atomic E-state index is 6.23. The molecular weight excluding hydrogens is 258 g/mol. The molecule has 104 valence electrons. The van der Waals surface area contributed by atoms with Crippen molar-refractivity contribution in [3.63, 3.8) is 0 Å². The molecule has 1 aliphatic carbocycles. The summed E-state index contributed by atoms with van der Waals surface area (Å²) in [5, 5.41) is 4.53. The molecule has 1 aromatic rings. The second-order valence-electron chi connectivity index (χ2n) is 6.29. The average Bonchev–Trinajstić information content (AvgIpc) is 3.21. The monoisotopic (exact) mass is 279 g/mol. The Kier molecular flexibility index (Phi) is 3.54. The van der Waals surface area contributed by atoms with Gasteiger partial charge in [-0.3, -0.25) is 9.88 Å². The number of rotatable bonds is 3. The van der Waals surface area contributed by atoms with Gasteiger partial charge >= 0.3 is 0 Å². The summed E-state index contributed by atoms with van der Waals surface area (Å²) in [6, 6.07) is 2.59. The van der Waals surface area contributed by atoms with Crippen LogP contribution in [0.2, 0.25) is 5.02 Å². The molecule has 2 unspecified atom stereocenters. The Labute approximate surface area is 120 Å². The first kappa shape index (κ1) is 13.3. The minimum Gasteiger partial charge on any atom is -0.308 e. The Morgan fingerprint density at radius 2 is 2.32 bits per heavy atom. The molecule has 1 N–H and O–H groups in total. The average molecular weight is 280 g/mol. The van der Waals surface area contributed by atoms with Gasteiger partial charge in [0.15, 0.2) is 0 Å². The number of halogens is 1. The lowest BCUT2D eigenvalue weighted by atomic mass is 9.91. The van der Waals surface area contributed by atoms with Crippen molar-refractivity contribution in [1.29, 1.82) is 0 Å². The van der Waals surface area contributed by atoms with Gasteiger partial charge in [0.2, 0.25) is 0 Å². The topological polar surface area (TPSA) is 28.2 Å². The normalized spacial score (nSPS) is 32.5. The van der Waals surface area contributed by atoms with E-state index in [2.05, 4.69) is 29.0 Å². The highest BCUT2D eigenvalue weighted by Crippen LogP contribution is 2.41. The standard InChI is InChI=1S/C15H22ClN3/c1-11-7-18-15(2,13-3-4-13)10-19(11)9-12-5-6-17-8-14(12)16/h5-6,8,11,13,18H,3-4,7,9-10H2,1-2H3. The van der Waals surface area contributed by atoms with Crippen LogP contribution in [0.3, 0.4) is 0 Å². The molecule has 4 heteroatoms. The summed E-state index contributed by atoms with van der Waals surface area (Å²) < 4.78 is 0. The van der Waals surface area contributed by atoms with Crippen molar-refractivity contribution in [1.82, 2.24) is 15.2 Å². The summed E-state index contributed by atoms with van der Waals surface area (Å²) in [4.78, 5) is 6.61. The maximum absolute atomic E-state index is 6.23. The minimum atomic E-state index is 0.284. The molecule has 0 radical (unpaired) electrons.